The summed E-state index contributed by atoms with van der Waals surface area (Å²) in [5.41, 5.74) is 4.43. The van der Waals surface area contributed by atoms with E-state index < -0.39 is 6.10 Å². The molecule has 5 heteroatoms. The Hall–Kier alpha value is -3.32. The van der Waals surface area contributed by atoms with Gasteiger partial charge in [-0.1, -0.05) is 128 Å². The molecule has 5 rings (SSSR count). The molecule has 0 unspecified atom stereocenters. The van der Waals surface area contributed by atoms with Gasteiger partial charge >= 0.3 is 0 Å². The van der Waals surface area contributed by atoms with E-state index in [4.69, 9.17) is 23.7 Å². The molecular formula is C36H40O5. The highest BCUT2D eigenvalue weighted by Gasteiger charge is 2.47. The summed E-state index contributed by atoms with van der Waals surface area (Å²) >= 11 is 0. The molecule has 5 atom stereocenters. The standard InChI is InChI=1S/C36H40O5/c1-2-32-34(38-24-29-17-9-4-10-18-29)36(40-26-31-21-13-6-14-22-31)35(39-25-30-19-11-5-12-20-30)33(41-32)27-37-23-28-15-7-3-8-16-28/h3-22,32-36H,2,23-27H2,1H3/t32-,33+,34+,35-,36+/m0/s1. The topological polar surface area (TPSA) is 46.2 Å². The summed E-state index contributed by atoms with van der Waals surface area (Å²) in [6, 6.07) is 40.9. The van der Waals surface area contributed by atoms with Crippen LogP contribution in [0.5, 0.6) is 0 Å². The van der Waals surface area contributed by atoms with Crippen molar-refractivity contribution < 1.29 is 23.7 Å². The number of hydrogen-bond acceptors (Lipinski definition) is 5. The lowest BCUT2D eigenvalue weighted by atomic mass is 9.92. The van der Waals surface area contributed by atoms with Crippen LogP contribution in [-0.4, -0.2) is 37.1 Å². The molecular weight excluding hydrogens is 512 g/mol. The van der Waals surface area contributed by atoms with Gasteiger partial charge in [0.15, 0.2) is 0 Å². The monoisotopic (exact) mass is 552 g/mol. The molecule has 0 bridgehead atoms. The second kappa shape index (κ2) is 15.6. The van der Waals surface area contributed by atoms with E-state index in [1.54, 1.807) is 0 Å². The SMILES string of the molecule is CC[C@@H]1O[C@H](COCc2ccccc2)[C@H](OCc2ccccc2)[C@H](OCc2ccccc2)[C@@H]1OCc1ccccc1. The predicted molar refractivity (Wildman–Crippen MR) is 160 cm³/mol. The lowest BCUT2D eigenvalue weighted by Crippen LogP contribution is -2.61. The zero-order valence-corrected chi connectivity index (χ0v) is 23.7. The molecule has 41 heavy (non-hydrogen) atoms. The molecule has 0 spiro atoms. The fourth-order valence-corrected chi connectivity index (χ4v) is 5.21. The lowest BCUT2D eigenvalue weighted by Gasteiger charge is -2.46. The molecule has 0 N–H and O–H groups in total. The summed E-state index contributed by atoms with van der Waals surface area (Å²) in [5, 5.41) is 0. The van der Waals surface area contributed by atoms with E-state index in [0.717, 1.165) is 28.7 Å². The second-order valence-corrected chi connectivity index (χ2v) is 10.4. The molecule has 214 valence electrons. The zero-order chi connectivity index (χ0) is 28.1. The van der Waals surface area contributed by atoms with Crippen LogP contribution in [0.25, 0.3) is 0 Å². The fourth-order valence-electron chi connectivity index (χ4n) is 5.21. The summed E-state index contributed by atoms with van der Waals surface area (Å²) in [6.07, 6.45) is -0.753. The van der Waals surface area contributed by atoms with Crippen LogP contribution in [0.1, 0.15) is 35.6 Å². The third-order valence-corrected chi connectivity index (χ3v) is 7.38. The van der Waals surface area contributed by atoms with Crippen LogP contribution in [0.2, 0.25) is 0 Å². The van der Waals surface area contributed by atoms with Crippen LogP contribution < -0.4 is 0 Å². The van der Waals surface area contributed by atoms with E-state index in [1.807, 2.05) is 72.8 Å². The fraction of sp³-hybridized carbons (Fsp3) is 0.333. The molecule has 0 aromatic heterocycles. The molecule has 4 aromatic carbocycles. The third-order valence-electron chi connectivity index (χ3n) is 7.38. The van der Waals surface area contributed by atoms with Crippen molar-refractivity contribution in [2.45, 2.75) is 70.3 Å². The summed E-state index contributed by atoms with van der Waals surface area (Å²) in [4.78, 5) is 0. The maximum absolute atomic E-state index is 6.71. The largest absolute Gasteiger partial charge is 0.374 e. The molecule has 1 heterocycles. The first-order chi connectivity index (χ1) is 20.3. The summed E-state index contributed by atoms with van der Waals surface area (Å²) < 4.78 is 32.9. The Balaban J connectivity index is 1.38. The Labute approximate surface area is 244 Å². The molecule has 4 aromatic rings. The first kappa shape index (κ1) is 29.2. The van der Waals surface area contributed by atoms with Gasteiger partial charge in [0.25, 0.3) is 0 Å². The molecule has 1 aliphatic rings. The van der Waals surface area contributed by atoms with Gasteiger partial charge in [0.05, 0.1) is 39.1 Å². The Bertz CT molecular complexity index is 1250. The molecule has 5 nitrogen and oxygen atoms in total. The minimum atomic E-state index is -0.390. The Kier molecular flexibility index (Phi) is 11.1. The van der Waals surface area contributed by atoms with Gasteiger partial charge in [-0.25, -0.2) is 0 Å². The highest BCUT2D eigenvalue weighted by atomic mass is 16.6. The van der Waals surface area contributed by atoms with Crippen LogP contribution in [-0.2, 0) is 50.1 Å². The normalized spacial score (nSPS) is 22.4. The van der Waals surface area contributed by atoms with E-state index in [1.165, 1.54) is 0 Å². The quantitative estimate of drug-likeness (QED) is 0.166. The summed E-state index contributed by atoms with van der Waals surface area (Å²) in [5.74, 6) is 0. The van der Waals surface area contributed by atoms with E-state index >= 15 is 0 Å². The van der Waals surface area contributed by atoms with Gasteiger partial charge in [-0.3, -0.25) is 0 Å². The number of rotatable bonds is 14. The Morgan fingerprint density at radius 2 is 0.829 bits per heavy atom. The van der Waals surface area contributed by atoms with E-state index in [0.29, 0.717) is 33.0 Å². The van der Waals surface area contributed by atoms with Gasteiger partial charge in [-0.05, 0) is 28.7 Å². The summed E-state index contributed by atoms with van der Waals surface area (Å²) in [7, 11) is 0. The van der Waals surface area contributed by atoms with Crippen molar-refractivity contribution in [1.82, 2.24) is 0 Å². The molecule has 0 saturated carbocycles. The zero-order valence-electron chi connectivity index (χ0n) is 23.7. The average molecular weight is 553 g/mol. The van der Waals surface area contributed by atoms with Crippen LogP contribution in [0.3, 0.4) is 0 Å². The predicted octanol–water partition coefficient (Wildman–Crippen LogP) is 7.14. The maximum Gasteiger partial charge on any atom is 0.115 e. The van der Waals surface area contributed by atoms with Crippen LogP contribution >= 0.6 is 0 Å². The maximum atomic E-state index is 6.71. The Morgan fingerprint density at radius 3 is 1.24 bits per heavy atom. The number of hydrogen-bond donors (Lipinski definition) is 0. The highest BCUT2D eigenvalue weighted by molar-refractivity contribution is 5.16. The minimum Gasteiger partial charge on any atom is -0.374 e. The first-order valence-corrected chi connectivity index (χ1v) is 14.5. The van der Waals surface area contributed by atoms with Crippen LogP contribution in [0.4, 0.5) is 0 Å². The van der Waals surface area contributed by atoms with Crippen molar-refractivity contribution in [3.05, 3.63) is 144 Å². The van der Waals surface area contributed by atoms with Crippen molar-refractivity contribution in [3.8, 4) is 0 Å². The van der Waals surface area contributed by atoms with Gasteiger partial charge in [-0.15, -0.1) is 0 Å². The highest BCUT2D eigenvalue weighted by Crippen LogP contribution is 2.32. The molecule has 0 aliphatic carbocycles. The number of ether oxygens (including phenoxy) is 5. The third kappa shape index (κ3) is 8.59. The second-order valence-electron chi connectivity index (χ2n) is 10.4. The number of benzene rings is 4. The average Bonchev–Trinajstić information content (AvgIpc) is 3.04. The van der Waals surface area contributed by atoms with Crippen molar-refractivity contribution in [2.75, 3.05) is 6.61 Å². The van der Waals surface area contributed by atoms with Crippen LogP contribution in [0.15, 0.2) is 121 Å². The van der Waals surface area contributed by atoms with E-state index in [2.05, 4.69) is 55.5 Å². The first-order valence-electron chi connectivity index (χ1n) is 14.5. The Morgan fingerprint density at radius 1 is 0.463 bits per heavy atom. The van der Waals surface area contributed by atoms with E-state index in [9.17, 15) is 0 Å². The van der Waals surface area contributed by atoms with Crippen molar-refractivity contribution in [3.63, 3.8) is 0 Å². The van der Waals surface area contributed by atoms with Gasteiger partial charge in [0.1, 0.15) is 24.4 Å². The molecule has 0 amide bonds. The van der Waals surface area contributed by atoms with Gasteiger partial charge in [-0.2, -0.15) is 0 Å². The van der Waals surface area contributed by atoms with Crippen molar-refractivity contribution in [2.24, 2.45) is 0 Å². The van der Waals surface area contributed by atoms with Crippen LogP contribution in [0, 0.1) is 0 Å². The van der Waals surface area contributed by atoms with E-state index in [-0.39, 0.29) is 24.4 Å². The molecule has 0 radical (unpaired) electrons. The summed E-state index contributed by atoms with van der Waals surface area (Å²) in [6.45, 7) is 4.39. The van der Waals surface area contributed by atoms with Crippen molar-refractivity contribution in [1.29, 1.82) is 0 Å². The minimum absolute atomic E-state index is 0.165. The molecule has 1 fully saturated rings. The smallest absolute Gasteiger partial charge is 0.115 e. The molecule has 1 aliphatic heterocycles. The van der Waals surface area contributed by atoms with Gasteiger partial charge in [0.2, 0.25) is 0 Å². The van der Waals surface area contributed by atoms with Crippen molar-refractivity contribution >= 4 is 0 Å². The van der Waals surface area contributed by atoms with Gasteiger partial charge in [0, 0.05) is 0 Å². The van der Waals surface area contributed by atoms with Gasteiger partial charge < -0.3 is 23.7 Å². The molecule has 1 saturated heterocycles. The lowest BCUT2D eigenvalue weighted by molar-refractivity contribution is -0.272.